The van der Waals surface area contributed by atoms with Crippen molar-refractivity contribution in [1.82, 2.24) is 0 Å². The molecule has 0 aromatic rings. The number of hydrogen-bond acceptors (Lipinski definition) is 6. The molecule has 126 valence electrons. The van der Waals surface area contributed by atoms with Gasteiger partial charge in [0.25, 0.3) is 0 Å². The average molecular weight is 322 g/mol. The van der Waals surface area contributed by atoms with Crippen molar-refractivity contribution in [3.8, 4) is 0 Å². The van der Waals surface area contributed by atoms with Crippen LogP contribution in [-0.2, 0) is 23.8 Å². The number of aliphatic hydroxyl groups is 1. The summed E-state index contributed by atoms with van der Waals surface area (Å²) < 4.78 is 17.4. The Kier molecular flexibility index (Phi) is 2.95. The number of allylic oxidation sites excluding steroid dienone is 1. The topological polar surface area (TPSA) is 85.4 Å². The van der Waals surface area contributed by atoms with E-state index in [4.69, 9.17) is 14.2 Å². The summed E-state index contributed by atoms with van der Waals surface area (Å²) in [5.41, 5.74) is -1.25. The highest BCUT2D eigenvalue weighted by atomic mass is 16.7. The van der Waals surface area contributed by atoms with Gasteiger partial charge >= 0.3 is 5.97 Å². The summed E-state index contributed by atoms with van der Waals surface area (Å²) >= 11 is 0. The molecule has 1 saturated carbocycles. The van der Waals surface area contributed by atoms with Gasteiger partial charge in [0.1, 0.15) is 30.2 Å². The second-order valence-corrected chi connectivity index (χ2v) is 7.55. The van der Waals surface area contributed by atoms with Gasteiger partial charge in [-0.15, -0.1) is 0 Å². The minimum absolute atomic E-state index is 0.411. The fraction of sp³-hybridized carbons (Fsp3) is 0.765. The predicted molar refractivity (Wildman–Crippen MR) is 78.5 cm³/mol. The molecule has 6 heteroatoms. The smallest absolute Gasteiger partial charge is 0.303 e. The van der Waals surface area contributed by atoms with Crippen molar-refractivity contribution in [1.29, 1.82) is 0 Å². The number of hydrogen-bond donors (Lipinski definition) is 1. The van der Waals surface area contributed by atoms with Gasteiger partial charge < -0.3 is 24.1 Å². The molecular weight excluding hydrogens is 300 g/mol. The van der Waals surface area contributed by atoms with E-state index in [2.05, 4.69) is 0 Å². The summed E-state index contributed by atoms with van der Waals surface area (Å²) in [5.74, 6) is -0.473. The molecule has 2 aliphatic heterocycles. The molecular formula is C17H22O6. The summed E-state index contributed by atoms with van der Waals surface area (Å²) in [5, 5.41) is 10.8. The van der Waals surface area contributed by atoms with Gasteiger partial charge in [0.05, 0.1) is 23.5 Å². The van der Waals surface area contributed by atoms with Crippen LogP contribution >= 0.6 is 0 Å². The molecule has 6 nitrogen and oxygen atoms in total. The van der Waals surface area contributed by atoms with E-state index in [9.17, 15) is 14.7 Å². The Hall–Kier alpha value is -1.24. The van der Waals surface area contributed by atoms with Gasteiger partial charge in [-0.3, -0.25) is 4.79 Å². The number of carbonyl (C=O) groups is 2. The van der Waals surface area contributed by atoms with Gasteiger partial charge in [0.2, 0.25) is 0 Å². The number of epoxide rings is 1. The largest absolute Gasteiger partial charge is 0.459 e. The van der Waals surface area contributed by atoms with Crippen LogP contribution in [0.15, 0.2) is 11.6 Å². The standard InChI is InChI=1S/C17H22O6/c1-9-4-5-16(7-18)11(6-9)23-14-12(20)13(22-10(2)19)15(16,3)17(14)8-21-17/h6-7,11-14,20H,4-5,8H2,1-3H3/t11?,12-,13-,14?,15-,16-,17?/m1/s1. The van der Waals surface area contributed by atoms with E-state index in [1.807, 2.05) is 19.9 Å². The minimum Gasteiger partial charge on any atom is -0.459 e. The second-order valence-electron chi connectivity index (χ2n) is 7.55. The average Bonchev–Trinajstić information content (AvgIpc) is 3.28. The number of carbonyl (C=O) groups excluding carboxylic acids is 2. The molecule has 2 aliphatic carbocycles. The zero-order chi connectivity index (χ0) is 16.6. The van der Waals surface area contributed by atoms with E-state index < -0.39 is 46.8 Å². The van der Waals surface area contributed by atoms with Gasteiger partial charge in [-0.1, -0.05) is 18.6 Å². The second kappa shape index (κ2) is 4.43. The highest BCUT2D eigenvalue weighted by Gasteiger charge is 2.85. The van der Waals surface area contributed by atoms with E-state index in [-0.39, 0.29) is 0 Å². The lowest BCUT2D eigenvalue weighted by atomic mass is 9.51. The molecule has 0 radical (unpaired) electrons. The number of rotatable bonds is 2. The molecule has 0 amide bonds. The Morgan fingerprint density at radius 3 is 2.78 bits per heavy atom. The van der Waals surface area contributed by atoms with Crippen molar-refractivity contribution in [2.75, 3.05) is 6.61 Å². The molecule has 3 fully saturated rings. The number of fused-ring (bicyclic) bond motifs is 2. The molecule has 7 atom stereocenters. The van der Waals surface area contributed by atoms with Crippen LogP contribution in [0.25, 0.3) is 0 Å². The first-order valence-electron chi connectivity index (χ1n) is 8.11. The summed E-state index contributed by atoms with van der Waals surface area (Å²) in [6, 6.07) is 0. The Morgan fingerprint density at radius 1 is 1.52 bits per heavy atom. The minimum atomic E-state index is -0.998. The van der Waals surface area contributed by atoms with Crippen molar-refractivity contribution in [2.24, 2.45) is 10.8 Å². The first-order valence-corrected chi connectivity index (χ1v) is 8.11. The number of ether oxygens (including phenoxy) is 3. The van der Waals surface area contributed by atoms with Crippen LogP contribution in [0, 0.1) is 10.8 Å². The van der Waals surface area contributed by atoms with Gasteiger partial charge in [-0.25, -0.2) is 0 Å². The van der Waals surface area contributed by atoms with Crippen molar-refractivity contribution in [2.45, 2.75) is 63.6 Å². The monoisotopic (exact) mass is 322 g/mol. The molecule has 2 bridgehead atoms. The summed E-state index contributed by atoms with van der Waals surface area (Å²) in [4.78, 5) is 23.9. The lowest BCUT2D eigenvalue weighted by Crippen LogP contribution is -2.65. The van der Waals surface area contributed by atoms with Crippen LogP contribution in [0.5, 0.6) is 0 Å². The summed E-state index contributed by atoms with van der Waals surface area (Å²) in [6.45, 7) is 5.65. The molecule has 2 heterocycles. The molecule has 3 unspecified atom stereocenters. The van der Waals surface area contributed by atoms with Gasteiger partial charge in [-0.2, -0.15) is 0 Å². The van der Waals surface area contributed by atoms with Crippen molar-refractivity contribution in [3.05, 3.63) is 11.6 Å². The van der Waals surface area contributed by atoms with Gasteiger partial charge in [0.15, 0.2) is 0 Å². The molecule has 2 saturated heterocycles. The fourth-order valence-corrected chi connectivity index (χ4v) is 5.23. The number of esters is 1. The van der Waals surface area contributed by atoms with E-state index in [0.29, 0.717) is 13.0 Å². The van der Waals surface area contributed by atoms with Crippen LogP contribution in [-0.4, -0.2) is 54.0 Å². The van der Waals surface area contributed by atoms with Crippen LogP contribution in [0.2, 0.25) is 0 Å². The maximum Gasteiger partial charge on any atom is 0.303 e. The highest BCUT2D eigenvalue weighted by molar-refractivity contribution is 5.69. The van der Waals surface area contributed by atoms with Gasteiger partial charge in [0, 0.05) is 6.92 Å². The van der Waals surface area contributed by atoms with E-state index in [0.717, 1.165) is 12.7 Å². The van der Waals surface area contributed by atoms with Gasteiger partial charge in [-0.05, 0) is 19.8 Å². The molecule has 4 aliphatic rings. The lowest BCUT2D eigenvalue weighted by molar-refractivity contribution is -0.209. The normalized spacial score (nSPS) is 53.5. The Labute approximate surface area is 134 Å². The van der Waals surface area contributed by atoms with Crippen LogP contribution in [0.1, 0.15) is 33.6 Å². The lowest BCUT2D eigenvalue weighted by Gasteiger charge is -2.55. The molecule has 1 N–H and O–H groups in total. The Balaban J connectivity index is 1.90. The first kappa shape index (κ1) is 15.3. The van der Waals surface area contributed by atoms with E-state index >= 15 is 0 Å². The fourth-order valence-electron chi connectivity index (χ4n) is 5.23. The molecule has 0 aromatic carbocycles. The van der Waals surface area contributed by atoms with Crippen LogP contribution < -0.4 is 0 Å². The van der Waals surface area contributed by atoms with Crippen LogP contribution in [0.3, 0.4) is 0 Å². The zero-order valence-electron chi connectivity index (χ0n) is 13.6. The van der Waals surface area contributed by atoms with E-state index in [1.165, 1.54) is 12.5 Å². The number of aldehydes is 1. The van der Waals surface area contributed by atoms with Crippen LogP contribution in [0.4, 0.5) is 0 Å². The third kappa shape index (κ3) is 1.55. The third-order valence-electron chi connectivity index (χ3n) is 6.62. The molecule has 23 heavy (non-hydrogen) atoms. The maximum atomic E-state index is 12.3. The highest BCUT2D eigenvalue weighted by Crippen LogP contribution is 2.71. The van der Waals surface area contributed by atoms with Crippen molar-refractivity contribution < 1.29 is 28.9 Å². The van der Waals surface area contributed by atoms with Crippen molar-refractivity contribution in [3.63, 3.8) is 0 Å². The van der Waals surface area contributed by atoms with E-state index in [1.54, 1.807) is 0 Å². The molecule has 0 aromatic heterocycles. The quantitative estimate of drug-likeness (QED) is 0.350. The first-order chi connectivity index (χ1) is 10.8. The SMILES string of the molecule is CC(=O)O[C@@H]1[C@@H](O)C2OC3C=C(C)CC[C@]3(C=O)[C@]1(C)C21CO1. The molecule has 4 rings (SSSR count). The molecule has 1 spiro atoms. The van der Waals surface area contributed by atoms with Crippen molar-refractivity contribution >= 4 is 12.3 Å². The Morgan fingerprint density at radius 2 is 2.22 bits per heavy atom. The zero-order valence-corrected chi connectivity index (χ0v) is 13.6. The third-order valence-corrected chi connectivity index (χ3v) is 6.62. The number of aliphatic hydroxyl groups excluding tert-OH is 1. The maximum absolute atomic E-state index is 12.3. The summed E-state index contributed by atoms with van der Waals surface area (Å²) in [7, 11) is 0. The summed E-state index contributed by atoms with van der Waals surface area (Å²) in [6.07, 6.45) is 1.47. The predicted octanol–water partition coefficient (Wildman–Crippen LogP) is 0.761. The Bertz CT molecular complexity index is 608.